The van der Waals surface area contributed by atoms with E-state index in [2.05, 4.69) is 5.32 Å². The number of imide groups is 1. The van der Waals surface area contributed by atoms with Gasteiger partial charge in [0, 0.05) is 24.3 Å². The summed E-state index contributed by atoms with van der Waals surface area (Å²) >= 11 is 0. The van der Waals surface area contributed by atoms with Gasteiger partial charge < -0.3 is 5.32 Å². The molecule has 0 bridgehead atoms. The SMILES string of the molecule is CC1(c2ccc([N+](=O)[O-])cc2)NC(=O)N(Cc2ccc([N+](=O)[O-])cc2)C1=O. The smallest absolute Gasteiger partial charge is 0.319 e. The molecule has 0 saturated carbocycles. The van der Waals surface area contributed by atoms with Crippen molar-refractivity contribution in [2.45, 2.75) is 19.0 Å². The Balaban J connectivity index is 1.83. The minimum Gasteiger partial charge on any atom is -0.319 e. The first-order valence-electron chi connectivity index (χ1n) is 7.85. The average molecular weight is 370 g/mol. The molecule has 138 valence electrons. The quantitative estimate of drug-likeness (QED) is 0.488. The van der Waals surface area contributed by atoms with Gasteiger partial charge in [0.05, 0.1) is 16.4 Å². The number of hydrogen-bond donors (Lipinski definition) is 1. The Hall–Kier alpha value is -3.82. The second-order valence-electron chi connectivity index (χ2n) is 6.17. The summed E-state index contributed by atoms with van der Waals surface area (Å²) in [7, 11) is 0. The number of urea groups is 1. The number of non-ortho nitro benzene ring substituents is 2. The fourth-order valence-corrected chi connectivity index (χ4v) is 2.86. The van der Waals surface area contributed by atoms with Crippen LogP contribution in [0.15, 0.2) is 48.5 Å². The maximum absolute atomic E-state index is 12.8. The first-order valence-corrected chi connectivity index (χ1v) is 7.85. The predicted molar refractivity (Wildman–Crippen MR) is 92.6 cm³/mol. The summed E-state index contributed by atoms with van der Waals surface area (Å²) < 4.78 is 0. The van der Waals surface area contributed by atoms with Crippen LogP contribution < -0.4 is 5.32 Å². The van der Waals surface area contributed by atoms with E-state index in [4.69, 9.17) is 0 Å². The predicted octanol–water partition coefficient (Wildman–Crippen LogP) is 2.47. The van der Waals surface area contributed by atoms with Crippen LogP contribution in [0.4, 0.5) is 16.2 Å². The Morgan fingerprint density at radius 1 is 0.926 bits per heavy atom. The topological polar surface area (TPSA) is 136 Å². The Labute approximate surface area is 152 Å². The van der Waals surface area contributed by atoms with Gasteiger partial charge in [-0.1, -0.05) is 12.1 Å². The van der Waals surface area contributed by atoms with E-state index in [9.17, 15) is 29.8 Å². The normalized spacial score (nSPS) is 19.1. The second kappa shape index (κ2) is 6.48. The van der Waals surface area contributed by atoms with Gasteiger partial charge in [-0.3, -0.25) is 29.9 Å². The zero-order valence-electron chi connectivity index (χ0n) is 14.1. The van der Waals surface area contributed by atoms with Gasteiger partial charge in [0.15, 0.2) is 0 Å². The first-order chi connectivity index (χ1) is 12.7. The van der Waals surface area contributed by atoms with Crippen LogP contribution in [-0.2, 0) is 16.9 Å². The Kier molecular flexibility index (Phi) is 4.32. The summed E-state index contributed by atoms with van der Waals surface area (Å²) in [5.74, 6) is -0.514. The van der Waals surface area contributed by atoms with E-state index >= 15 is 0 Å². The van der Waals surface area contributed by atoms with Gasteiger partial charge in [-0.25, -0.2) is 4.79 Å². The molecule has 1 aliphatic heterocycles. The summed E-state index contributed by atoms with van der Waals surface area (Å²) in [5.41, 5.74) is -0.601. The molecular formula is C17H14N4O6. The standard InChI is InChI=1S/C17H14N4O6/c1-17(12-4-8-14(9-5-12)21(26)27)15(22)19(16(23)18-17)10-11-2-6-13(7-3-11)20(24)25/h2-9H,10H2,1H3,(H,18,23). The number of amides is 3. The van der Waals surface area contributed by atoms with E-state index in [1.165, 1.54) is 55.5 Å². The third-order valence-electron chi connectivity index (χ3n) is 4.42. The van der Waals surface area contributed by atoms with Crippen molar-refractivity contribution in [1.82, 2.24) is 10.2 Å². The summed E-state index contributed by atoms with van der Waals surface area (Å²) in [6, 6.07) is 10.3. The van der Waals surface area contributed by atoms with Crippen LogP contribution >= 0.6 is 0 Å². The molecule has 2 aromatic carbocycles. The summed E-state index contributed by atoms with van der Waals surface area (Å²) in [4.78, 5) is 46.5. The lowest BCUT2D eigenvalue weighted by molar-refractivity contribution is -0.385. The van der Waals surface area contributed by atoms with Gasteiger partial charge in [-0.2, -0.15) is 0 Å². The van der Waals surface area contributed by atoms with E-state index in [-0.39, 0.29) is 17.9 Å². The lowest BCUT2D eigenvalue weighted by Gasteiger charge is -2.22. The molecule has 27 heavy (non-hydrogen) atoms. The summed E-state index contributed by atoms with van der Waals surface area (Å²) in [6.45, 7) is 1.47. The molecule has 3 rings (SSSR count). The van der Waals surface area contributed by atoms with Crippen LogP contribution in [0.25, 0.3) is 0 Å². The van der Waals surface area contributed by atoms with Gasteiger partial charge in [0.2, 0.25) is 0 Å². The molecule has 0 aromatic heterocycles. The molecule has 0 aliphatic carbocycles. The summed E-state index contributed by atoms with van der Waals surface area (Å²) in [6.07, 6.45) is 0. The largest absolute Gasteiger partial charge is 0.325 e. The van der Waals surface area contributed by atoms with Crippen molar-refractivity contribution in [2.24, 2.45) is 0 Å². The van der Waals surface area contributed by atoms with Crippen molar-refractivity contribution in [3.8, 4) is 0 Å². The van der Waals surface area contributed by atoms with Crippen LogP contribution in [-0.4, -0.2) is 26.7 Å². The van der Waals surface area contributed by atoms with Gasteiger partial charge in [-0.05, 0) is 30.2 Å². The number of hydrogen-bond acceptors (Lipinski definition) is 6. The van der Waals surface area contributed by atoms with Gasteiger partial charge >= 0.3 is 6.03 Å². The van der Waals surface area contributed by atoms with E-state index in [0.29, 0.717) is 11.1 Å². The molecule has 10 heteroatoms. The zero-order chi connectivity index (χ0) is 19.8. The van der Waals surface area contributed by atoms with Crippen molar-refractivity contribution in [1.29, 1.82) is 0 Å². The van der Waals surface area contributed by atoms with E-state index in [1.54, 1.807) is 0 Å². The van der Waals surface area contributed by atoms with Crippen LogP contribution in [0.1, 0.15) is 18.1 Å². The third-order valence-corrected chi connectivity index (χ3v) is 4.42. The molecule has 10 nitrogen and oxygen atoms in total. The third kappa shape index (κ3) is 3.19. The van der Waals surface area contributed by atoms with Crippen LogP contribution in [0.3, 0.4) is 0 Å². The molecular weight excluding hydrogens is 356 g/mol. The molecule has 1 N–H and O–H groups in total. The Morgan fingerprint density at radius 3 is 1.89 bits per heavy atom. The number of benzene rings is 2. The molecule has 2 aromatic rings. The Morgan fingerprint density at radius 2 is 1.41 bits per heavy atom. The highest BCUT2D eigenvalue weighted by Crippen LogP contribution is 2.31. The minimum atomic E-state index is -1.35. The zero-order valence-corrected chi connectivity index (χ0v) is 14.1. The van der Waals surface area contributed by atoms with Crippen LogP contribution in [0.2, 0.25) is 0 Å². The van der Waals surface area contributed by atoms with Gasteiger partial charge in [0.25, 0.3) is 17.3 Å². The second-order valence-corrected chi connectivity index (χ2v) is 6.17. The highest BCUT2D eigenvalue weighted by Gasteiger charge is 2.48. The molecule has 1 aliphatic rings. The average Bonchev–Trinajstić information content (AvgIpc) is 2.86. The molecule has 1 fully saturated rings. The van der Waals surface area contributed by atoms with Crippen LogP contribution in [0.5, 0.6) is 0 Å². The molecule has 1 unspecified atom stereocenters. The first kappa shape index (κ1) is 18.0. The summed E-state index contributed by atoms with van der Waals surface area (Å²) in [5, 5.41) is 24.1. The lowest BCUT2D eigenvalue weighted by Crippen LogP contribution is -2.40. The number of rotatable bonds is 5. The van der Waals surface area contributed by atoms with Crippen molar-refractivity contribution in [3.63, 3.8) is 0 Å². The van der Waals surface area contributed by atoms with E-state index in [0.717, 1.165) is 4.90 Å². The van der Waals surface area contributed by atoms with E-state index in [1.807, 2.05) is 0 Å². The lowest BCUT2D eigenvalue weighted by atomic mass is 9.92. The Bertz CT molecular complexity index is 941. The number of nitrogens with zero attached hydrogens (tertiary/aromatic N) is 3. The molecule has 3 amide bonds. The van der Waals surface area contributed by atoms with Crippen molar-refractivity contribution < 1.29 is 19.4 Å². The molecule has 1 heterocycles. The minimum absolute atomic E-state index is 0.0504. The fourth-order valence-electron chi connectivity index (χ4n) is 2.86. The van der Waals surface area contributed by atoms with Crippen molar-refractivity contribution >= 4 is 23.3 Å². The number of carbonyl (C=O) groups is 2. The molecule has 0 radical (unpaired) electrons. The fraction of sp³-hybridized carbons (Fsp3) is 0.176. The highest BCUT2D eigenvalue weighted by atomic mass is 16.6. The van der Waals surface area contributed by atoms with Crippen molar-refractivity contribution in [3.05, 3.63) is 79.9 Å². The highest BCUT2D eigenvalue weighted by molar-refractivity contribution is 6.07. The maximum Gasteiger partial charge on any atom is 0.325 e. The molecule has 1 saturated heterocycles. The monoisotopic (exact) mass is 370 g/mol. The molecule has 0 spiro atoms. The van der Waals surface area contributed by atoms with Crippen LogP contribution in [0, 0.1) is 20.2 Å². The molecule has 1 atom stereocenters. The number of nitro benzene ring substituents is 2. The number of carbonyl (C=O) groups excluding carboxylic acids is 2. The number of nitro groups is 2. The maximum atomic E-state index is 12.8. The van der Waals surface area contributed by atoms with Gasteiger partial charge in [0.1, 0.15) is 5.54 Å². The van der Waals surface area contributed by atoms with Gasteiger partial charge in [-0.15, -0.1) is 0 Å². The number of nitrogens with one attached hydrogen (secondary N) is 1. The van der Waals surface area contributed by atoms with E-state index < -0.39 is 27.3 Å². The van der Waals surface area contributed by atoms with Crippen molar-refractivity contribution in [2.75, 3.05) is 0 Å².